The first kappa shape index (κ1) is 27.9. The Hall–Kier alpha value is -2.38. The largest absolute Gasteiger partial charge is 1.00 e. The van der Waals surface area contributed by atoms with E-state index in [4.69, 9.17) is 5.14 Å². The van der Waals surface area contributed by atoms with Crippen LogP contribution in [0.1, 0.15) is 5.56 Å². The fourth-order valence-corrected chi connectivity index (χ4v) is 6.00. The average molecular weight is 639 g/mol. The number of hydrogen-bond donors (Lipinski definition) is 3. The van der Waals surface area contributed by atoms with E-state index in [1.165, 1.54) is 24.3 Å². The molecule has 18 heteroatoms. The molecule has 2 aromatic carbocycles. The summed E-state index contributed by atoms with van der Waals surface area (Å²) in [5.74, 6) is 0. The number of nitrogens with two attached hydrogens (primary N) is 1. The average Bonchev–Trinajstić information content (AvgIpc) is 3.16. The molecule has 0 atom stereocenters. The van der Waals surface area contributed by atoms with Gasteiger partial charge in [-0.15, -0.1) is 11.3 Å². The quantitative estimate of drug-likeness (QED) is 0.319. The maximum atomic E-state index is 12.4. The Morgan fingerprint density at radius 2 is 1.59 bits per heavy atom. The third kappa shape index (κ3) is 6.83. The molecule has 0 spiro atoms. The molecule has 0 aliphatic carbocycles. The van der Waals surface area contributed by atoms with Crippen LogP contribution in [0.2, 0.25) is 0 Å². The van der Waals surface area contributed by atoms with Crippen molar-refractivity contribution in [1.82, 2.24) is 14.9 Å². The topological polar surface area (TPSA) is 209 Å². The van der Waals surface area contributed by atoms with Crippen molar-refractivity contribution in [3.8, 4) is 0 Å². The van der Waals surface area contributed by atoms with Gasteiger partial charge in [0.15, 0.2) is 0 Å². The molecule has 0 fully saturated rings. The summed E-state index contributed by atoms with van der Waals surface area (Å²) in [6.45, 7) is 1.58. The molecule has 0 saturated heterocycles. The Labute approximate surface area is 214 Å². The van der Waals surface area contributed by atoms with Crippen molar-refractivity contribution >= 4 is 58.3 Å². The number of aryl methyl sites for hydroxylation is 1. The first-order valence-electron chi connectivity index (χ1n) is 8.62. The molecule has 1 aromatic heterocycles. The number of sulfonamides is 3. The Balaban J connectivity index is 0.00000408. The number of primary sulfonamides is 1. The van der Waals surface area contributed by atoms with E-state index in [2.05, 4.69) is 20.2 Å². The summed E-state index contributed by atoms with van der Waals surface area (Å²) in [5.41, 5.74) is 0.543. The number of anilines is 1. The van der Waals surface area contributed by atoms with Gasteiger partial charge in [0.2, 0.25) is 14.4 Å². The molecular formula is C16H15AgN6O7S4. The number of carbonyl (C=O) groups excluding carboxylic acids is 1. The number of nitrogens with zero attached hydrogens (tertiary/aromatic N) is 3. The van der Waals surface area contributed by atoms with Gasteiger partial charge >= 0.3 is 28.4 Å². The first-order valence-corrected chi connectivity index (χ1v) is 13.9. The number of urea groups is 1. The summed E-state index contributed by atoms with van der Waals surface area (Å²) in [4.78, 5) is 11.7. The Kier molecular flexibility index (Phi) is 8.59. The van der Waals surface area contributed by atoms with E-state index in [1.807, 2.05) is 4.72 Å². The Morgan fingerprint density at radius 3 is 2.15 bits per heavy atom. The smallest absolute Gasteiger partial charge is 0.342 e. The van der Waals surface area contributed by atoms with E-state index in [0.717, 1.165) is 12.1 Å². The van der Waals surface area contributed by atoms with Gasteiger partial charge in [-0.1, -0.05) is 18.2 Å². The van der Waals surface area contributed by atoms with E-state index < -0.39 is 45.6 Å². The van der Waals surface area contributed by atoms with Crippen molar-refractivity contribution in [1.29, 1.82) is 0 Å². The van der Waals surface area contributed by atoms with Crippen LogP contribution in [0.3, 0.4) is 0 Å². The van der Waals surface area contributed by atoms with E-state index >= 15 is 0 Å². The van der Waals surface area contributed by atoms with Crippen LogP contribution in [-0.2, 0) is 52.5 Å². The normalized spacial score (nSPS) is 11.8. The third-order valence-corrected chi connectivity index (χ3v) is 8.87. The fraction of sp³-hybridized carbons (Fsp3) is 0.0625. The summed E-state index contributed by atoms with van der Waals surface area (Å²) in [7, 11) is -12.6. The van der Waals surface area contributed by atoms with Gasteiger partial charge in [-0.3, -0.25) is 0 Å². The summed E-state index contributed by atoms with van der Waals surface area (Å²) < 4.78 is 76.6. The number of aromatic nitrogens is 2. The fourth-order valence-electron chi connectivity index (χ4n) is 2.41. The monoisotopic (exact) mass is 638 g/mol. The molecule has 2 amide bonds. The standard InChI is InChI=1S/C16H16N6O7S4.Ag/c1-10-4-2-3-5-13(10)33(28,29)21-14(23)18-11-6-8-12(9-7-11)32(26,27)22-15-19-20-16(30-15)31(17,24)25;/h2-9H,1H3,(H5,17,18,19,21,22,23,24,25);/q;+1/p-1. The molecule has 1 heterocycles. The van der Waals surface area contributed by atoms with E-state index in [0.29, 0.717) is 16.9 Å². The summed E-state index contributed by atoms with van der Waals surface area (Å²) in [5, 5.41) is 13.3. The van der Waals surface area contributed by atoms with Crippen molar-refractivity contribution in [2.75, 3.05) is 5.32 Å². The predicted octanol–water partition coefficient (Wildman–Crippen LogP) is 1.40. The van der Waals surface area contributed by atoms with Gasteiger partial charge in [0.05, 0.1) is 9.79 Å². The number of rotatable bonds is 7. The minimum Gasteiger partial charge on any atom is -0.342 e. The molecule has 186 valence electrons. The van der Waals surface area contributed by atoms with Gasteiger partial charge < -0.3 is 15.1 Å². The predicted molar refractivity (Wildman–Crippen MR) is 118 cm³/mol. The SMILES string of the molecule is Cc1ccccc1S(=O)(=O)NC(=O)Nc1ccc(S(=O)(=O)[N-]c2nnc(S(N)(=O)=O)s2)cc1.[Ag+]. The van der Waals surface area contributed by atoms with Gasteiger partial charge in [-0.25, -0.2) is 45.0 Å². The van der Waals surface area contributed by atoms with Crippen LogP contribution >= 0.6 is 11.3 Å². The van der Waals surface area contributed by atoms with Crippen molar-refractivity contribution in [3.05, 3.63) is 58.8 Å². The minimum atomic E-state index is -4.29. The van der Waals surface area contributed by atoms with E-state index in [-0.39, 0.29) is 37.9 Å². The number of carbonyl (C=O) groups is 1. The third-order valence-electron chi connectivity index (χ3n) is 3.86. The molecule has 0 unspecified atom stereocenters. The molecule has 0 bridgehead atoms. The van der Waals surface area contributed by atoms with Gasteiger partial charge in [-0.05, 0) is 42.8 Å². The van der Waals surface area contributed by atoms with E-state index in [1.54, 1.807) is 19.1 Å². The molecule has 34 heavy (non-hydrogen) atoms. The van der Waals surface area contributed by atoms with Crippen molar-refractivity contribution in [2.24, 2.45) is 5.14 Å². The van der Waals surface area contributed by atoms with E-state index in [9.17, 15) is 30.0 Å². The zero-order valence-corrected chi connectivity index (χ0v) is 21.6. The Morgan fingerprint density at radius 1 is 0.971 bits per heavy atom. The maximum Gasteiger partial charge on any atom is 1.00 e. The summed E-state index contributed by atoms with van der Waals surface area (Å²) in [6, 6.07) is 9.66. The second-order valence-electron chi connectivity index (χ2n) is 6.31. The maximum absolute atomic E-state index is 12.4. The van der Waals surface area contributed by atoms with Gasteiger partial charge in [0.25, 0.3) is 20.0 Å². The molecule has 0 aliphatic rings. The van der Waals surface area contributed by atoms with Crippen molar-refractivity contribution < 1.29 is 52.4 Å². The number of amides is 2. The summed E-state index contributed by atoms with van der Waals surface area (Å²) in [6.07, 6.45) is 0. The van der Waals surface area contributed by atoms with Gasteiger partial charge in [-0.2, -0.15) is 0 Å². The molecule has 0 saturated carbocycles. The zero-order chi connectivity index (χ0) is 24.4. The number of hydrogen-bond acceptors (Lipinski definition) is 10. The second kappa shape index (κ2) is 10.5. The van der Waals surface area contributed by atoms with Gasteiger partial charge in [0, 0.05) is 10.8 Å². The first-order chi connectivity index (χ1) is 15.3. The van der Waals surface area contributed by atoms with Crippen molar-refractivity contribution in [3.63, 3.8) is 0 Å². The molecule has 3 rings (SSSR count). The van der Waals surface area contributed by atoms with Crippen molar-refractivity contribution in [2.45, 2.75) is 21.1 Å². The zero-order valence-electron chi connectivity index (χ0n) is 16.8. The second-order valence-corrected chi connectivity index (χ2v) is 12.3. The minimum absolute atomic E-state index is 0. The van der Waals surface area contributed by atoms with Crippen LogP contribution in [0.4, 0.5) is 15.6 Å². The molecule has 13 nitrogen and oxygen atoms in total. The number of benzene rings is 2. The van der Waals surface area contributed by atoms with Gasteiger partial charge in [0.1, 0.15) is 0 Å². The molecular weight excluding hydrogens is 624 g/mol. The molecule has 4 N–H and O–H groups in total. The number of nitrogens with one attached hydrogen (secondary N) is 2. The van der Waals surface area contributed by atoms with Crippen LogP contribution in [0.25, 0.3) is 4.72 Å². The van der Waals surface area contributed by atoms with Crippen LogP contribution in [-0.4, -0.2) is 41.5 Å². The molecule has 0 radical (unpaired) electrons. The summed E-state index contributed by atoms with van der Waals surface area (Å²) >= 11 is 0.374. The van der Waals surface area contributed by atoms with Crippen LogP contribution in [0, 0.1) is 6.92 Å². The molecule has 3 aromatic rings. The Bertz CT molecular complexity index is 1520. The van der Waals surface area contributed by atoms with Crippen LogP contribution in [0.5, 0.6) is 0 Å². The molecule has 0 aliphatic heterocycles. The van der Waals surface area contributed by atoms with Crippen LogP contribution in [0.15, 0.2) is 62.7 Å². The van der Waals surface area contributed by atoms with Crippen LogP contribution < -0.4 is 15.2 Å².